The number of hydrogen-bond donors (Lipinski definition) is 2. The van der Waals surface area contributed by atoms with E-state index in [1.54, 1.807) is 15.5 Å². The fourth-order valence-corrected chi connectivity index (χ4v) is 19.1. The van der Waals surface area contributed by atoms with Crippen LogP contribution in [-0.4, -0.2) is 39.9 Å². The second-order valence-electron chi connectivity index (χ2n) is 20.0. The van der Waals surface area contributed by atoms with Crippen LogP contribution in [0.15, 0.2) is 72.8 Å². The van der Waals surface area contributed by atoms with Crippen molar-refractivity contribution in [3.05, 3.63) is 72.8 Å². The van der Waals surface area contributed by atoms with E-state index in [2.05, 4.69) is 154 Å². The van der Waals surface area contributed by atoms with E-state index in [4.69, 9.17) is 29.9 Å². The van der Waals surface area contributed by atoms with Crippen molar-refractivity contribution >= 4 is 59.6 Å². The monoisotopic (exact) mass is 930 g/mol. The predicted molar refractivity (Wildman–Crippen MR) is 233 cm³/mol. The summed E-state index contributed by atoms with van der Waals surface area (Å²) in [5.74, 6) is 2.61. The Morgan fingerprint density at radius 1 is 0.333 bits per heavy atom. The number of H-pyrrole nitrogens is 2. The number of aromatic amines is 2. The number of aromatic nitrogens is 8. The molecule has 0 spiro atoms. The Morgan fingerprint density at radius 3 is 0.917 bits per heavy atom. The van der Waals surface area contributed by atoms with E-state index in [1.165, 1.54) is 10.8 Å². The Hall–Kier alpha value is -2.90. The first-order valence-corrected chi connectivity index (χ1v) is 26.9. The number of fused-ring (bicyclic) bond motifs is 20. The van der Waals surface area contributed by atoms with Crippen LogP contribution >= 0.6 is 0 Å². The Balaban J connectivity index is 1.56. The molecular weight excluding hydrogens is 880 g/mol. The number of nitrogens with zero attached hydrogens (tertiary/aromatic N) is 6. The molecule has 60 heavy (non-hydrogen) atoms. The third-order valence-corrected chi connectivity index (χ3v) is 21.2. The Bertz CT molecular complexity index is 2850. The molecule has 2 aliphatic rings. The average Bonchev–Trinajstić information content (AvgIpc) is 3.88. The minimum atomic E-state index is -0.658. The van der Waals surface area contributed by atoms with Crippen molar-refractivity contribution in [2.45, 2.75) is 98.0 Å². The van der Waals surface area contributed by atoms with E-state index >= 15 is 0 Å². The van der Waals surface area contributed by atoms with E-state index < -0.39 is 76.6 Å². The van der Waals surface area contributed by atoms with E-state index in [1.807, 2.05) is 12.1 Å². The van der Waals surface area contributed by atoms with Crippen LogP contribution in [0.3, 0.4) is 0 Å². The normalized spacial score (nSPS) is 13.0. The summed E-state index contributed by atoms with van der Waals surface area (Å²) in [4.78, 5) is 39.9. The number of nitrogens with one attached hydrogen (secondary N) is 2. The molecule has 7 aromatic rings. The molecule has 4 aromatic carbocycles. The summed E-state index contributed by atoms with van der Waals surface area (Å²) in [6, 6.07) is 25.0. The zero-order valence-corrected chi connectivity index (χ0v) is 42.9. The third-order valence-electron chi connectivity index (χ3n) is 10.00. The number of rotatable bonds is 4. The maximum atomic E-state index is 5.64. The molecule has 0 radical (unpaired) electrons. The van der Waals surface area contributed by atoms with Crippen LogP contribution in [0.5, 0.6) is 0 Å². The van der Waals surface area contributed by atoms with E-state index in [0.29, 0.717) is 34.6 Å². The zero-order chi connectivity index (χ0) is 42.5. The molecule has 0 amide bonds. The molecule has 8 bridgehead atoms. The molecule has 3 aromatic heterocycles. The van der Waals surface area contributed by atoms with E-state index in [9.17, 15) is 0 Å². The summed E-state index contributed by atoms with van der Waals surface area (Å²) in [5.41, 5.74) is 7.01. The average molecular weight is 930 g/mol. The fraction of sp³-hybridized carbons (Fsp3) is 0.333. The fourth-order valence-electron chi connectivity index (χ4n) is 7.90. The maximum absolute atomic E-state index is 5.64. The van der Waals surface area contributed by atoms with Crippen LogP contribution in [0, 0.1) is 0 Å². The van der Waals surface area contributed by atoms with Crippen LogP contribution in [0.25, 0.3) is 89.7 Å². The SMILES string of the molecule is C[C](C)(C)[Ti][c]1[c]([Ti][C](C)(C)C)[c]([Ti][C](C)(C)C)c2c3nc4nc(nc5[nH]c(nc6nc(nc([nH]3)c2[c]1[Ti][C](C)(C)C)-c1ccccc1-6)c1ccccc51)-c1ccccc1-4. The molecule has 0 aliphatic carbocycles. The molecule has 5 heterocycles. The predicted octanol–water partition coefficient (Wildman–Crippen LogP) is 10.6. The molecule has 0 fully saturated rings. The van der Waals surface area contributed by atoms with Gasteiger partial charge in [-0.1, -0.05) is 0 Å². The van der Waals surface area contributed by atoms with Crippen LogP contribution < -0.4 is 15.5 Å². The Morgan fingerprint density at radius 2 is 0.600 bits per heavy atom. The van der Waals surface area contributed by atoms with Crippen molar-refractivity contribution < 1.29 is 76.6 Å². The molecule has 2 aliphatic heterocycles. The van der Waals surface area contributed by atoms with Gasteiger partial charge in [0, 0.05) is 0 Å². The molecule has 12 heteroatoms. The van der Waals surface area contributed by atoms with Gasteiger partial charge in [0.25, 0.3) is 0 Å². The molecule has 8 nitrogen and oxygen atoms in total. The van der Waals surface area contributed by atoms with Crippen molar-refractivity contribution in [2.24, 2.45) is 0 Å². The first-order valence-electron chi connectivity index (χ1n) is 20.7. The second kappa shape index (κ2) is 15.4. The van der Waals surface area contributed by atoms with Crippen LogP contribution in [0.1, 0.15) is 83.1 Å². The molecule has 298 valence electrons. The first kappa shape index (κ1) is 42.4. The summed E-state index contributed by atoms with van der Waals surface area (Å²) in [6.07, 6.45) is 0. The molecular formula is C48H50N8Ti4. The van der Waals surface area contributed by atoms with Crippen molar-refractivity contribution in [2.75, 3.05) is 0 Å². The molecule has 2 N–H and O–H groups in total. The Labute approximate surface area is 388 Å². The van der Waals surface area contributed by atoms with Gasteiger partial charge in [0.2, 0.25) is 0 Å². The first-order chi connectivity index (χ1) is 28.2. The van der Waals surface area contributed by atoms with Gasteiger partial charge in [0.05, 0.1) is 0 Å². The molecule has 0 unspecified atom stereocenters. The molecule has 9 rings (SSSR count). The van der Waals surface area contributed by atoms with Gasteiger partial charge in [-0.2, -0.15) is 0 Å². The number of benzene rings is 4. The van der Waals surface area contributed by atoms with Crippen LogP contribution in [-0.2, 0) is 76.6 Å². The van der Waals surface area contributed by atoms with Crippen molar-refractivity contribution in [1.29, 1.82) is 0 Å². The summed E-state index contributed by atoms with van der Waals surface area (Å²) in [6.45, 7) is 29.4. The van der Waals surface area contributed by atoms with Gasteiger partial charge in [0.15, 0.2) is 0 Å². The Kier molecular flexibility index (Phi) is 10.9. The third kappa shape index (κ3) is 8.45. The standard InChI is InChI=1S/C32H14N8.4C4H9.4Ti/c1-2-10-18-17(9-1)25-33-26(18)38-28-21-13-5-6-14-22(21)30(35-28)40-32-24-16-8-7-15-23(24)31(36-32)39-29-20-12-4-3-11-19(20)27(34-29)37-25;4*1-4(2)3;;;;/h1-6,9-14H,(H2,33,34,35,36,37,38,39,40);4*1-3H3;;;;. The van der Waals surface area contributed by atoms with E-state index in [-0.39, 0.29) is 14.9 Å². The van der Waals surface area contributed by atoms with Gasteiger partial charge >= 0.3 is 392 Å². The van der Waals surface area contributed by atoms with Gasteiger partial charge < -0.3 is 0 Å². The van der Waals surface area contributed by atoms with Crippen molar-refractivity contribution in [1.82, 2.24) is 39.9 Å². The van der Waals surface area contributed by atoms with Gasteiger partial charge in [-0.25, -0.2) is 0 Å². The summed E-state index contributed by atoms with van der Waals surface area (Å²) >= 11 is -2.41. The van der Waals surface area contributed by atoms with Gasteiger partial charge in [0.1, 0.15) is 0 Å². The zero-order valence-electron chi connectivity index (χ0n) is 36.6. The van der Waals surface area contributed by atoms with Gasteiger partial charge in [-0.05, 0) is 0 Å². The quantitative estimate of drug-likeness (QED) is 0.170. The second-order valence-corrected chi connectivity index (χ2v) is 34.1. The van der Waals surface area contributed by atoms with E-state index in [0.717, 1.165) is 44.3 Å². The van der Waals surface area contributed by atoms with Gasteiger partial charge in [-0.15, -0.1) is 0 Å². The van der Waals surface area contributed by atoms with Crippen molar-refractivity contribution in [3.63, 3.8) is 0 Å². The topological polar surface area (TPSA) is 109 Å². The molecule has 0 saturated heterocycles. The van der Waals surface area contributed by atoms with Crippen LogP contribution in [0.4, 0.5) is 0 Å². The summed E-state index contributed by atoms with van der Waals surface area (Å²) in [5, 5.41) is 4.49. The molecule has 0 atom stereocenters. The molecule has 0 saturated carbocycles. The summed E-state index contributed by atoms with van der Waals surface area (Å²) in [7, 11) is 0. The minimum absolute atomic E-state index is 0.155. The van der Waals surface area contributed by atoms with Crippen LogP contribution in [0.2, 0.25) is 14.9 Å². The van der Waals surface area contributed by atoms with Crippen molar-refractivity contribution in [3.8, 4) is 45.6 Å². The number of hydrogen-bond acceptors (Lipinski definition) is 6. The summed E-state index contributed by atoms with van der Waals surface area (Å²) < 4.78 is 7.35. The van der Waals surface area contributed by atoms with Gasteiger partial charge in [-0.3, -0.25) is 0 Å².